The number of benzene rings is 1. The van der Waals surface area contributed by atoms with Crippen molar-refractivity contribution < 1.29 is 9.50 Å². The molecular formula is C14H17FN2O. The first-order valence-electron chi connectivity index (χ1n) is 6.04. The lowest BCUT2D eigenvalue weighted by Gasteiger charge is -2.15. The van der Waals surface area contributed by atoms with Gasteiger partial charge in [-0.15, -0.1) is 0 Å². The summed E-state index contributed by atoms with van der Waals surface area (Å²) in [5.41, 5.74) is 1.67. The minimum Gasteiger partial charge on any atom is -0.396 e. The summed E-state index contributed by atoms with van der Waals surface area (Å²) in [6, 6.07) is 8.57. The second-order valence-electron chi connectivity index (χ2n) is 4.39. The SMILES string of the molecule is Cn1nccc1CCC(CO)c1ccccc1F. The van der Waals surface area contributed by atoms with E-state index in [-0.39, 0.29) is 18.3 Å². The van der Waals surface area contributed by atoms with E-state index in [9.17, 15) is 9.50 Å². The van der Waals surface area contributed by atoms with E-state index < -0.39 is 0 Å². The van der Waals surface area contributed by atoms with Crippen LogP contribution in [0.15, 0.2) is 36.5 Å². The molecule has 0 aliphatic rings. The van der Waals surface area contributed by atoms with Gasteiger partial charge >= 0.3 is 0 Å². The molecule has 0 radical (unpaired) electrons. The third kappa shape index (κ3) is 2.76. The molecule has 1 atom stereocenters. The van der Waals surface area contributed by atoms with Crippen LogP contribution in [0, 0.1) is 5.82 Å². The van der Waals surface area contributed by atoms with Crippen LogP contribution in [0.1, 0.15) is 23.6 Å². The van der Waals surface area contributed by atoms with Crippen LogP contribution in [-0.4, -0.2) is 21.5 Å². The van der Waals surface area contributed by atoms with Crippen molar-refractivity contribution in [1.82, 2.24) is 9.78 Å². The molecule has 1 heterocycles. The molecule has 0 saturated carbocycles. The maximum atomic E-state index is 13.6. The largest absolute Gasteiger partial charge is 0.396 e. The van der Waals surface area contributed by atoms with Crippen molar-refractivity contribution in [2.75, 3.05) is 6.61 Å². The summed E-state index contributed by atoms with van der Waals surface area (Å²) in [4.78, 5) is 0. The summed E-state index contributed by atoms with van der Waals surface area (Å²) in [6.07, 6.45) is 3.22. The molecule has 0 aliphatic heterocycles. The molecule has 0 aliphatic carbocycles. The maximum absolute atomic E-state index is 13.6. The Kier molecular flexibility index (Phi) is 4.10. The van der Waals surface area contributed by atoms with Crippen molar-refractivity contribution in [3.63, 3.8) is 0 Å². The molecule has 4 heteroatoms. The zero-order valence-electron chi connectivity index (χ0n) is 10.4. The van der Waals surface area contributed by atoms with Crippen LogP contribution in [0.25, 0.3) is 0 Å². The first kappa shape index (κ1) is 12.8. The summed E-state index contributed by atoms with van der Waals surface area (Å²) in [5, 5.41) is 13.5. The predicted molar refractivity (Wildman–Crippen MR) is 67.8 cm³/mol. The Labute approximate surface area is 106 Å². The zero-order chi connectivity index (χ0) is 13.0. The first-order chi connectivity index (χ1) is 8.72. The lowest BCUT2D eigenvalue weighted by Crippen LogP contribution is -2.09. The number of aromatic nitrogens is 2. The van der Waals surface area contributed by atoms with Gasteiger partial charge in [-0.3, -0.25) is 4.68 Å². The lowest BCUT2D eigenvalue weighted by atomic mass is 9.94. The minimum atomic E-state index is -0.249. The van der Waals surface area contributed by atoms with Crippen LogP contribution < -0.4 is 0 Å². The number of halogens is 1. The Morgan fingerprint density at radius 3 is 2.72 bits per heavy atom. The van der Waals surface area contributed by atoms with Gasteiger partial charge < -0.3 is 5.11 Å². The van der Waals surface area contributed by atoms with Crippen molar-refractivity contribution in [1.29, 1.82) is 0 Å². The molecule has 1 aromatic heterocycles. The summed E-state index contributed by atoms with van der Waals surface area (Å²) < 4.78 is 15.4. The van der Waals surface area contributed by atoms with Crippen LogP contribution >= 0.6 is 0 Å². The summed E-state index contributed by atoms with van der Waals surface area (Å²) >= 11 is 0. The fourth-order valence-electron chi connectivity index (χ4n) is 2.12. The van der Waals surface area contributed by atoms with Gasteiger partial charge in [-0.05, 0) is 30.5 Å². The third-order valence-electron chi connectivity index (χ3n) is 3.24. The van der Waals surface area contributed by atoms with Crippen molar-refractivity contribution in [2.24, 2.45) is 7.05 Å². The molecule has 0 saturated heterocycles. The van der Waals surface area contributed by atoms with Gasteiger partial charge in [-0.2, -0.15) is 5.10 Å². The van der Waals surface area contributed by atoms with Gasteiger partial charge in [0.2, 0.25) is 0 Å². The minimum absolute atomic E-state index is 0.0429. The fourth-order valence-corrected chi connectivity index (χ4v) is 2.12. The molecule has 2 aromatic rings. The number of aliphatic hydroxyl groups excluding tert-OH is 1. The maximum Gasteiger partial charge on any atom is 0.126 e. The van der Waals surface area contributed by atoms with E-state index in [0.29, 0.717) is 12.0 Å². The number of hydrogen-bond donors (Lipinski definition) is 1. The molecule has 0 amide bonds. The van der Waals surface area contributed by atoms with Gasteiger partial charge in [-0.25, -0.2) is 4.39 Å². The summed E-state index contributed by atoms with van der Waals surface area (Å²) in [5.74, 6) is -0.414. The van der Waals surface area contributed by atoms with Gasteiger partial charge in [0.25, 0.3) is 0 Å². The number of hydrogen-bond acceptors (Lipinski definition) is 2. The highest BCUT2D eigenvalue weighted by Crippen LogP contribution is 2.23. The highest BCUT2D eigenvalue weighted by atomic mass is 19.1. The van der Waals surface area contributed by atoms with Gasteiger partial charge in [0.15, 0.2) is 0 Å². The monoisotopic (exact) mass is 248 g/mol. The molecule has 96 valence electrons. The van der Waals surface area contributed by atoms with Crippen LogP contribution in [0.4, 0.5) is 4.39 Å². The second kappa shape index (κ2) is 5.78. The van der Waals surface area contributed by atoms with Gasteiger partial charge in [0.05, 0.1) is 6.61 Å². The van der Waals surface area contributed by atoms with Crippen molar-refractivity contribution in [3.8, 4) is 0 Å². The van der Waals surface area contributed by atoms with E-state index in [0.717, 1.165) is 12.1 Å². The Balaban J connectivity index is 2.07. The molecular weight excluding hydrogens is 231 g/mol. The lowest BCUT2D eigenvalue weighted by molar-refractivity contribution is 0.256. The highest BCUT2D eigenvalue weighted by Gasteiger charge is 2.15. The fraction of sp³-hybridized carbons (Fsp3) is 0.357. The molecule has 3 nitrogen and oxygen atoms in total. The van der Waals surface area contributed by atoms with Crippen LogP contribution in [0.5, 0.6) is 0 Å². The predicted octanol–water partition coefficient (Wildman–Crippen LogP) is 2.27. The van der Waals surface area contributed by atoms with Gasteiger partial charge in [-0.1, -0.05) is 18.2 Å². The van der Waals surface area contributed by atoms with E-state index >= 15 is 0 Å². The second-order valence-corrected chi connectivity index (χ2v) is 4.39. The molecule has 0 fully saturated rings. The van der Waals surface area contributed by atoms with Crippen LogP contribution in [0.3, 0.4) is 0 Å². The Morgan fingerprint density at radius 1 is 1.33 bits per heavy atom. The normalized spacial score (nSPS) is 12.6. The van der Waals surface area contributed by atoms with Gasteiger partial charge in [0.1, 0.15) is 5.82 Å². The van der Waals surface area contributed by atoms with E-state index in [2.05, 4.69) is 5.10 Å². The molecule has 18 heavy (non-hydrogen) atoms. The molecule has 1 aromatic carbocycles. The molecule has 1 unspecified atom stereocenters. The standard InChI is InChI=1S/C14H17FN2O/c1-17-12(8-9-16-17)7-6-11(10-18)13-4-2-3-5-14(13)15/h2-5,8-9,11,18H,6-7,10H2,1H3. The highest BCUT2D eigenvalue weighted by molar-refractivity contribution is 5.22. The van der Waals surface area contributed by atoms with E-state index in [1.54, 1.807) is 29.1 Å². The Morgan fingerprint density at radius 2 is 2.11 bits per heavy atom. The Hall–Kier alpha value is -1.68. The van der Waals surface area contributed by atoms with Crippen LogP contribution in [-0.2, 0) is 13.5 Å². The van der Waals surface area contributed by atoms with Gasteiger partial charge in [0, 0.05) is 24.9 Å². The quantitative estimate of drug-likeness (QED) is 0.881. The molecule has 1 N–H and O–H groups in total. The van der Waals surface area contributed by atoms with Crippen molar-refractivity contribution in [2.45, 2.75) is 18.8 Å². The summed E-state index contributed by atoms with van der Waals surface area (Å²) in [6.45, 7) is -0.0429. The Bertz CT molecular complexity index is 510. The van der Waals surface area contributed by atoms with Crippen LogP contribution in [0.2, 0.25) is 0 Å². The molecule has 0 bridgehead atoms. The van der Waals surface area contributed by atoms with E-state index in [1.165, 1.54) is 6.07 Å². The van der Waals surface area contributed by atoms with E-state index in [1.807, 2.05) is 13.1 Å². The number of aryl methyl sites for hydroxylation is 2. The van der Waals surface area contributed by atoms with E-state index in [4.69, 9.17) is 0 Å². The first-order valence-corrected chi connectivity index (χ1v) is 6.04. The number of aliphatic hydroxyl groups is 1. The van der Waals surface area contributed by atoms with Crippen molar-refractivity contribution in [3.05, 3.63) is 53.6 Å². The smallest absolute Gasteiger partial charge is 0.126 e. The zero-order valence-corrected chi connectivity index (χ0v) is 10.4. The van der Waals surface area contributed by atoms with Crippen molar-refractivity contribution >= 4 is 0 Å². The third-order valence-corrected chi connectivity index (χ3v) is 3.24. The molecule has 0 spiro atoms. The number of rotatable bonds is 5. The average molecular weight is 248 g/mol. The molecule has 2 rings (SSSR count). The topological polar surface area (TPSA) is 38.0 Å². The summed E-state index contributed by atoms with van der Waals surface area (Å²) in [7, 11) is 1.88. The average Bonchev–Trinajstić information content (AvgIpc) is 2.78. The number of nitrogens with zero attached hydrogens (tertiary/aromatic N) is 2.